The van der Waals surface area contributed by atoms with Crippen molar-refractivity contribution in [3.63, 3.8) is 0 Å². The summed E-state index contributed by atoms with van der Waals surface area (Å²) in [4.78, 5) is 12.8. The number of hydrogen-bond donors (Lipinski definition) is 3. The van der Waals surface area contributed by atoms with Crippen LogP contribution in [0.15, 0.2) is 23.1 Å². The molecule has 1 saturated heterocycles. The SMILES string of the molecule is Cl.O=C(NC1CCSc2c(F)cccc21)C1CC(O)CN1. The quantitative estimate of drug-likeness (QED) is 0.770. The molecule has 7 heteroatoms. The molecule has 1 aromatic rings. The average molecular weight is 333 g/mol. The minimum Gasteiger partial charge on any atom is -0.392 e. The van der Waals surface area contributed by atoms with E-state index in [0.29, 0.717) is 17.9 Å². The molecule has 2 heterocycles. The van der Waals surface area contributed by atoms with Crippen molar-refractivity contribution in [2.45, 2.75) is 35.9 Å². The summed E-state index contributed by atoms with van der Waals surface area (Å²) in [5, 5.41) is 15.4. The van der Waals surface area contributed by atoms with Crippen LogP contribution in [0, 0.1) is 5.82 Å². The van der Waals surface area contributed by atoms with Gasteiger partial charge in [-0.3, -0.25) is 4.79 Å². The molecule has 1 aromatic carbocycles. The smallest absolute Gasteiger partial charge is 0.237 e. The van der Waals surface area contributed by atoms with Gasteiger partial charge in [-0.2, -0.15) is 0 Å². The van der Waals surface area contributed by atoms with E-state index in [2.05, 4.69) is 10.6 Å². The predicted octanol–water partition coefficient (Wildman–Crippen LogP) is 1.62. The maximum absolute atomic E-state index is 13.8. The third-order valence-electron chi connectivity index (χ3n) is 3.77. The van der Waals surface area contributed by atoms with Crippen molar-refractivity contribution in [3.05, 3.63) is 29.6 Å². The predicted molar refractivity (Wildman–Crippen MR) is 82.3 cm³/mol. The first-order chi connectivity index (χ1) is 9.65. The van der Waals surface area contributed by atoms with Gasteiger partial charge in [0, 0.05) is 17.2 Å². The van der Waals surface area contributed by atoms with Crippen LogP contribution >= 0.6 is 24.2 Å². The average Bonchev–Trinajstić information content (AvgIpc) is 2.87. The molecule has 3 atom stereocenters. The van der Waals surface area contributed by atoms with Crippen molar-refractivity contribution in [2.24, 2.45) is 0 Å². The van der Waals surface area contributed by atoms with Gasteiger partial charge in [-0.05, 0) is 24.5 Å². The van der Waals surface area contributed by atoms with Crippen molar-refractivity contribution < 1.29 is 14.3 Å². The Bertz CT molecular complexity index is 532. The molecule has 2 aliphatic rings. The van der Waals surface area contributed by atoms with Crippen LogP contribution < -0.4 is 10.6 Å². The minimum absolute atomic E-state index is 0. The third kappa shape index (κ3) is 3.51. The van der Waals surface area contributed by atoms with Crippen molar-refractivity contribution in [1.29, 1.82) is 0 Å². The standard InChI is InChI=1S/C14H17FN2O2S.ClH/c15-10-3-1-2-9-11(4-5-20-13(9)10)17-14(19)12-6-8(18)7-16-12;/h1-3,8,11-12,16,18H,4-7H2,(H,17,19);1H. The van der Waals surface area contributed by atoms with E-state index in [0.717, 1.165) is 17.7 Å². The lowest BCUT2D eigenvalue weighted by Crippen LogP contribution is -2.42. The number of β-amino-alcohol motifs (C(OH)–C–C–N with tert-alkyl or cyclic N) is 1. The van der Waals surface area contributed by atoms with Crippen LogP contribution in [0.4, 0.5) is 4.39 Å². The zero-order valence-electron chi connectivity index (χ0n) is 11.3. The lowest BCUT2D eigenvalue weighted by Gasteiger charge is -2.27. The highest BCUT2D eigenvalue weighted by Crippen LogP contribution is 2.37. The van der Waals surface area contributed by atoms with Crippen molar-refractivity contribution in [2.75, 3.05) is 12.3 Å². The normalized spacial score (nSPS) is 27.6. The van der Waals surface area contributed by atoms with E-state index in [1.54, 1.807) is 6.07 Å². The van der Waals surface area contributed by atoms with Gasteiger partial charge in [0.25, 0.3) is 0 Å². The molecule has 0 spiro atoms. The highest BCUT2D eigenvalue weighted by Gasteiger charge is 2.31. The number of rotatable bonds is 2. The molecule has 21 heavy (non-hydrogen) atoms. The fourth-order valence-corrected chi connectivity index (χ4v) is 3.87. The monoisotopic (exact) mass is 332 g/mol. The van der Waals surface area contributed by atoms with Gasteiger partial charge in [-0.25, -0.2) is 4.39 Å². The molecular formula is C14H18ClFN2O2S. The number of halogens is 2. The largest absolute Gasteiger partial charge is 0.392 e. The molecule has 0 radical (unpaired) electrons. The fraction of sp³-hybridized carbons (Fsp3) is 0.500. The highest BCUT2D eigenvalue weighted by atomic mass is 35.5. The Balaban J connectivity index is 0.00000161. The topological polar surface area (TPSA) is 61.4 Å². The van der Waals surface area contributed by atoms with E-state index in [-0.39, 0.29) is 36.2 Å². The van der Waals surface area contributed by atoms with Crippen LogP contribution in [0.25, 0.3) is 0 Å². The van der Waals surface area contributed by atoms with E-state index in [4.69, 9.17) is 0 Å². The van der Waals surface area contributed by atoms with E-state index in [1.807, 2.05) is 6.07 Å². The Morgan fingerprint density at radius 3 is 3.00 bits per heavy atom. The van der Waals surface area contributed by atoms with Crippen LogP contribution in [0.5, 0.6) is 0 Å². The summed E-state index contributed by atoms with van der Waals surface area (Å²) in [6.07, 6.45) is 0.767. The van der Waals surface area contributed by atoms with Crippen molar-refractivity contribution in [1.82, 2.24) is 10.6 Å². The fourth-order valence-electron chi connectivity index (χ4n) is 2.73. The Morgan fingerprint density at radius 2 is 2.29 bits per heavy atom. The number of aliphatic hydroxyl groups is 1. The molecular weight excluding hydrogens is 315 g/mol. The first-order valence-corrected chi connectivity index (χ1v) is 7.76. The molecule has 2 aliphatic heterocycles. The minimum atomic E-state index is -0.461. The third-order valence-corrected chi connectivity index (χ3v) is 4.93. The summed E-state index contributed by atoms with van der Waals surface area (Å²) >= 11 is 1.50. The summed E-state index contributed by atoms with van der Waals surface area (Å²) in [6.45, 7) is 0.448. The highest BCUT2D eigenvalue weighted by molar-refractivity contribution is 7.99. The molecule has 0 bridgehead atoms. The van der Waals surface area contributed by atoms with Crippen LogP contribution in [-0.2, 0) is 4.79 Å². The molecule has 116 valence electrons. The second-order valence-corrected chi connectivity index (χ2v) is 6.31. The van der Waals surface area contributed by atoms with Crippen LogP contribution in [0.1, 0.15) is 24.4 Å². The van der Waals surface area contributed by atoms with Crippen LogP contribution in [0.3, 0.4) is 0 Å². The second kappa shape index (κ2) is 6.96. The maximum Gasteiger partial charge on any atom is 0.237 e. The summed E-state index contributed by atoms with van der Waals surface area (Å²) in [5.74, 6) is 0.453. The number of carbonyl (C=O) groups is 1. The summed E-state index contributed by atoms with van der Waals surface area (Å²) in [5.41, 5.74) is 0.855. The summed E-state index contributed by atoms with van der Waals surface area (Å²) in [6, 6.07) is 4.50. The maximum atomic E-state index is 13.8. The summed E-state index contributed by atoms with van der Waals surface area (Å²) < 4.78 is 13.8. The van der Waals surface area contributed by atoms with Crippen molar-refractivity contribution >= 4 is 30.1 Å². The van der Waals surface area contributed by atoms with Gasteiger partial charge in [-0.1, -0.05) is 12.1 Å². The molecule has 0 aromatic heterocycles. The van der Waals surface area contributed by atoms with Crippen molar-refractivity contribution in [3.8, 4) is 0 Å². The zero-order valence-corrected chi connectivity index (χ0v) is 13.0. The van der Waals surface area contributed by atoms with E-state index < -0.39 is 6.10 Å². The number of hydrogen-bond acceptors (Lipinski definition) is 4. The number of thioether (sulfide) groups is 1. The Hall–Kier alpha value is -0.820. The Labute approximate surface area is 133 Å². The number of aliphatic hydroxyl groups excluding tert-OH is 1. The van der Waals surface area contributed by atoms with Gasteiger partial charge >= 0.3 is 0 Å². The molecule has 3 unspecified atom stereocenters. The van der Waals surface area contributed by atoms with Crippen LogP contribution in [0.2, 0.25) is 0 Å². The Kier molecular flexibility index (Phi) is 5.48. The second-order valence-electron chi connectivity index (χ2n) is 5.21. The van der Waals surface area contributed by atoms with E-state index in [9.17, 15) is 14.3 Å². The van der Waals surface area contributed by atoms with Gasteiger partial charge < -0.3 is 15.7 Å². The van der Waals surface area contributed by atoms with Gasteiger partial charge in [0.05, 0.1) is 18.2 Å². The first kappa shape index (κ1) is 16.5. The Morgan fingerprint density at radius 1 is 1.48 bits per heavy atom. The molecule has 1 amide bonds. The molecule has 4 nitrogen and oxygen atoms in total. The van der Waals surface area contributed by atoms with Gasteiger partial charge in [-0.15, -0.1) is 24.2 Å². The van der Waals surface area contributed by atoms with E-state index >= 15 is 0 Å². The van der Waals surface area contributed by atoms with Gasteiger partial charge in [0.15, 0.2) is 0 Å². The van der Waals surface area contributed by atoms with E-state index in [1.165, 1.54) is 17.8 Å². The lowest BCUT2D eigenvalue weighted by atomic mass is 10.0. The number of benzene rings is 1. The molecule has 1 fully saturated rings. The number of amides is 1. The number of carbonyl (C=O) groups excluding carboxylic acids is 1. The van der Waals surface area contributed by atoms with Gasteiger partial charge in [0.2, 0.25) is 5.91 Å². The van der Waals surface area contributed by atoms with Gasteiger partial charge in [0.1, 0.15) is 5.82 Å². The lowest BCUT2D eigenvalue weighted by molar-refractivity contribution is -0.123. The number of fused-ring (bicyclic) bond motifs is 1. The first-order valence-electron chi connectivity index (χ1n) is 6.78. The molecule has 3 N–H and O–H groups in total. The molecule has 0 saturated carbocycles. The van der Waals surface area contributed by atoms with Crippen LogP contribution in [-0.4, -0.2) is 35.5 Å². The molecule has 0 aliphatic carbocycles. The molecule has 3 rings (SSSR count). The zero-order chi connectivity index (χ0) is 14.1. The summed E-state index contributed by atoms with van der Waals surface area (Å²) in [7, 11) is 0. The number of nitrogens with one attached hydrogen (secondary N) is 2.